The first-order chi connectivity index (χ1) is 9.02. The van der Waals surface area contributed by atoms with Crippen molar-refractivity contribution in [1.82, 2.24) is 0 Å². The highest BCUT2D eigenvalue weighted by molar-refractivity contribution is 9.10. The topological polar surface area (TPSA) is 9.23 Å². The highest BCUT2D eigenvalue weighted by Gasteiger charge is 2.17. The summed E-state index contributed by atoms with van der Waals surface area (Å²) in [6.45, 7) is 0. The van der Waals surface area contributed by atoms with Crippen molar-refractivity contribution in [2.75, 3.05) is 7.11 Å². The molecule has 0 radical (unpaired) electrons. The fraction of sp³-hybridized carbons (Fsp3) is 0.143. The molecule has 5 heteroatoms. The number of halogens is 4. The third kappa shape index (κ3) is 3.22. The largest absolute Gasteiger partial charge is 0.496 e. The van der Waals surface area contributed by atoms with Crippen molar-refractivity contribution in [3.8, 4) is 5.75 Å². The first-order valence-electron chi connectivity index (χ1n) is 5.45. The first kappa shape index (κ1) is 14.6. The van der Waals surface area contributed by atoms with Crippen LogP contribution in [0.3, 0.4) is 0 Å². The van der Waals surface area contributed by atoms with Crippen LogP contribution in [0.4, 0.5) is 4.39 Å². The van der Waals surface area contributed by atoms with Crippen LogP contribution in [0, 0.1) is 5.82 Å². The highest BCUT2D eigenvalue weighted by atomic mass is 79.9. The zero-order chi connectivity index (χ0) is 14.0. The van der Waals surface area contributed by atoms with Gasteiger partial charge >= 0.3 is 0 Å². The predicted octanol–water partition coefficient (Wildman–Crippen LogP) is 5.58. The lowest BCUT2D eigenvalue weighted by Crippen LogP contribution is -1.98. The molecular formula is C14H10BrCl2FO. The van der Waals surface area contributed by atoms with E-state index in [1.54, 1.807) is 18.2 Å². The maximum absolute atomic E-state index is 13.4. The van der Waals surface area contributed by atoms with Crippen molar-refractivity contribution >= 4 is 39.1 Å². The van der Waals surface area contributed by atoms with Crippen LogP contribution in [0.15, 0.2) is 40.9 Å². The highest BCUT2D eigenvalue weighted by Crippen LogP contribution is 2.37. The maximum Gasteiger partial charge on any atom is 0.124 e. The van der Waals surface area contributed by atoms with E-state index in [9.17, 15) is 4.39 Å². The Hall–Kier alpha value is -0.770. The summed E-state index contributed by atoms with van der Waals surface area (Å²) in [6, 6.07) is 9.62. The molecule has 0 saturated carbocycles. The zero-order valence-corrected chi connectivity index (χ0v) is 13.1. The van der Waals surface area contributed by atoms with Crippen LogP contribution in [0.1, 0.15) is 16.5 Å². The number of rotatable bonds is 3. The van der Waals surface area contributed by atoms with Crippen molar-refractivity contribution in [1.29, 1.82) is 0 Å². The molecule has 0 N–H and O–H groups in total. The molecule has 0 bridgehead atoms. The average Bonchev–Trinajstić information content (AvgIpc) is 2.41. The van der Waals surface area contributed by atoms with E-state index < -0.39 is 5.38 Å². The van der Waals surface area contributed by atoms with Gasteiger partial charge in [0.2, 0.25) is 0 Å². The molecule has 1 atom stereocenters. The Morgan fingerprint density at radius 3 is 2.58 bits per heavy atom. The van der Waals surface area contributed by atoms with E-state index in [0.29, 0.717) is 16.3 Å². The minimum absolute atomic E-state index is 0.352. The fourth-order valence-electron chi connectivity index (χ4n) is 1.75. The summed E-state index contributed by atoms with van der Waals surface area (Å²) in [5.41, 5.74) is 1.39. The van der Waals surface area contributed by atoms with E-state index in [-0.39, 0.29) is 5.82 Å². The number of alkyl halides is 1. The smallest absolute Gasteiger partial charge is 0.124 e. The normalized spacial score (nSPS) is 12.3. The van der Waals surface area contributed by atoms with Crippen molar-refractivity contribution in [2.45, 2.75) is 5.38 Å². The number of ether oxygens (including phenoxy) is 1. The number of hydrogen-bond donors (Lipinski definition) is 0. The molecule has 19 heavy (non-hydrogen) atoms. The summed E-state index contributed by atoms with van der Waals surface area (Å²) in [6.07, 6.45) is 0. The Kier molecular flexibility index (Phi) is 4.71. The van der Waals surface area contributed by atoms with Crippen LogP contribution in [0.2, 0.25) is 5.02 Å². The molecule has 0 amide bonds. The van der Waals surface area contributed by atoms with E-state index in [1.807, 2.05) is 6.07 Å². The van der Waals surface area contributed by atoms with Crippen molar-refractivity contribution in [3.05, 3.63) is 62.8 Å². The molecule has 0 saturated heterocycles. The van der Waals surface area contributed by atoms with Gasteiger partial charge in [-0.25, -0.2) is 4.39 Å². The number of benzene rings is 2. The van der Waals surface area contributed by atoms with Crippen LogP contribution in [-0.2, 0) is 0 Å². The lowest BCUT2D eigenvalue weighted by Gasteiger charge is -2.15. The van der Waals surface area contributed by atoms with Gasteiger partial charge in [0, 0.05) is 10.0 Å². The Balaban J connectivity index is 2.45. The summed E-state index contributed by atoms with van der Waals surface area (Å²) in [5.74, 6) is 0.196. The SMILES string of the molecule is COc1ccc(F)cc1C(Cl)c1ccc(Cl)c(Br)c1. The van der Waals surface area contributed by atoms with Gasteiger partial charge in [-0.2, -0.15) is 0 Å². The number of methoxy groups -OCH3 is 1. The van der Waals surface area contributed by atoms with Gasteiger partial charge in [0.25, 0.3) is 0 Å². The van der Waals surface area contributed by atoms with Crippen molar-refractivity contribution in [3.63, 3.8) is 0 Å². The zero-order valence-electron chi connectivity index (χ0n) is 9.96. The van der Waals surface area contributed by atoms with Gasteiger partial charge in [-0.1, -0.05) is 17.7 Å². The second kappa shape index (κ2) is 6.12. The van der Waals surface area contributed by atoms with E-state index in [1.165, 1.54) is 19.2 Å². The Morgan fingerprint density at radius 1 is 1.21 bits per heavy atom. The Morgan fingerprint density at radius 2 is 1.95 bits per heavy atom. The summed E-state index contributed by atoms with van der Waals surface area (Å²) in [4.78, 5) is 0. The first-order valence-corrected chi connectivity index (χ1v) is 7.06. The molecule has 0 aliphatic carbocycles. The van der Waals surface area contributed by atoms with Crippen molar-refractivity contribution in [2.24, 2.45) is 0 Å². The monoisotopic (exact) mass is 362 g/mol. The van der Waals surface area contributed by atoms with Gasteiger partial charge in [-0.05, 0) is 51.8 Å². The number of hydrogen-bond acceptors (Lipinski definition) is 1. The molecule has 0 heterocycles. The van der Waals surface area contributed by atoms with Gasteiger partial charge in [0.15, 0.2) is 0 Å². The van der Waals surface area contributed by atoms with Crippen LogP contribution in [0.5, 0.6) is 5.75 Å². The van der Waals surface area contributed by atoms with E-state index in [2.05, 4.69) is 15.9 Å². The molecular weight excluding hydrogens is 354 g/mol. The van der Waals surface area contributed by atoms with Crippen LogP contribution in [0.25, 0.3) is 0 Å². The summed E-state index contributed by atoms with van der Waals surface area (Å²) in [5, 5.41) is 0.0815. The molecule has 1 nitrogen and oxygen atoms in total. The molecule has 0 spiro atoms. The minimum atomic E-state index is -0.515. The lowest BCUT2D eigenvalue weighted by atomic mass is 10.0. The minimum Gasteiger partial charge on any atom is -0.496 e. The van der Waals surface area contributed by atoms with Crippen LogP contribution in [-0.4, -0.2) is 7.11 Å². The van der Waals surface area contributed by atoms with Gasteiger partial charge in [-0.15, -0.1) is 11.6 Å². The third-order valence-corrected chi connectivity index (χ3v) is 4.40. The van der Waals surface area contributed by atoms with Crippen LogP contribution < -0.4 is 4.74 Å². The summed E-state index contributed by atoms with van der Waals surface area (Å²) >= 11 is 15.7. The van der Waals surface area contributed by atoms with Gasteiger partial charge < -0.3 is 4.74 Å². The van der Waals surface area contributed by atoms with Gasteiger partial charge in [-0.3, -0.25) is 0 Å². The quantitative estimate of drug-likeness (QED) is 0.647. The Bertz CT molecular complexity index is 604. The summed E-state index contributed by atoms with van der Waals surface area (Å²) < 4.78 is 19.3. The second-order valence-electron chi connectivity index (χ2n) is 3.92. The Labute approximate surface area is 129 Å². The van der Waals surface area contributed by atoms with Crippen molar-refractivity contribution < 1.29 is 9.13 Å². The molecule has 1 unspecified atom stereocenters. The fourth-order valence-corrected chi connectivity index (χ4v) is 2.57. The van der Waals surface area contributed by atoms with E-state index in [0.717, 1.165) is 10.0 Å². The standard InChI is InChI=1S/C14H10BrCl2FO/c1-19-13-5-3-9(18)7-10(13)14(17)8-2-4-12(16)11(15)6-8/h2-7,14H,1H3. The molecule has 100 valence electrons. The maximum atomic E-state index is 13.4. The second-order valence-corrected chi connectivity index (χ2v) is 5.62. The molecule has 2 rings (SSSR count). The van der Waals surface area contributed by atoms with Gasteiger partial charge in [0.1, 0.15) is 11.6 Å². The van der Waals surface area contributed by atoms with E-state index >= 15 is 0 Å². The molecule has 0 aliphatic heterocycles. The molecule has 2 aromatic carbocycles. The molecule has 0 aromatic heterocycles. The molecule has 0 fully saturated rings. The van der Waals surface area contributed by atoms with E-state index in [4.69, 9.17) is 27.9 Å². The molecule has 2 aromatic rings. The third-order valence-electron chi connectivity index (χ3n) is 2.70. The summed E-state index contributed by atoms with van der Waals surface area (Å²) in [7, 11) is 1.53. The van der Waals surface area contributed by atoms with Crippen LogP contribution >= 0.6 is 39.1 Å². The average molecular weight is 364 g/mol. The molecule has 0 aliphatic rings. The van der Waals surface area contributed by atoms with Gasteiger partial charge in [0.05, 0.1) is 17.5 Å². The lowest BCUT2D eigenvalue weighted by molar-refractivity contribution is 0.409. The predicted molar refractivity (Wildman–Crippen MR) is 79.8 cm³/mol.